The van der Waals surface area contributed by atoms with E-state index in [4.69, 9.17) is 5.73 Å². The first-order chi connectivity index (χ1) is 8.59. The summed E-state index contributed by atoms with van der Waals surface area (Å²) in [7, 11) is 0. The number of hydrogen-bond acceptors (Lipinski definition) is 3. The van der Waals surface area contributed by atoms with Gasteiger partial charge in [-0.25, -0.2) is 0 Å². The van der Waals surface area contributed by atoms with Crippen molar-refractivity contribution < 1.29 is 9.90 Å². The summed E-state index contributed by atoms with van der Waals surface area (Å²) in [6, 6.07) is 0. The summed E-state index contributed by atoms with van der Waals surface area (Å²) in [4.78, 5) is 14.6. The zero-order valence-corrected chi connectivity index (χ0v) is 11.4. The van der Waals surface area contributed by atoms with E-state index in [0.29, 0.717) is 13.1 Å². The van der Waals surface area contributed by atoms with E-state index in [-0.39, 0.29) is 23.3 Å². The largest absolute Gasteiger partial charge is 0.393 e. The van der Waals surface area contributed by atoms with Crippen molar-refractivity contribution in [3.63, 3.8) is 0 Å². The first kappa shape index (κ1) is 13.8. The molecule has 1 amide bonds. The van der Waals surface area contributed by atoms with Crippen LogP contribution in [0.2, 0.25) is 0 Å². The fourth-order valence-corrected chi connectivity index (χ4v) is 3.43. The zero-order valence-electron chi connectivity index (χ0n) is 11.4. The lowest BCUT2D eigenvalue weighted by Crippen LogP contribution is -2.48. The van der Waals surface area contributed by atoms with Crippen LogP contribution >= 0.6 is 0 Å². The van der Waals surface area contributed by atoms with Gasteiger partial charge >= 0.3 is 0 Å². The molecule has 0 bridgehead atoms. The van der Waals surface area contributed by atoms with Gasteiger partial charge in [-0.3, -0.25) is 4.79 Å². The minimum Gasteiger partial charge on any atom is -0.393 e. The Morgan fingerprint density at radius 2 is 2.11 bits per heavy atom. The number of carbonyl (C=O) groups excluding carboxylic acids is 1. The van der Waals surface area contributed by atoms with Crippen molar-refractivity contribution in [3.05, 3.63) is 0 Å². The monoisotopic (exact) mass is 254 g/mol. The summed E-state index contributed by atoms with van der Waals surface area (Å²) >= 11 is 0. The number of likely N-dealkylation sites (tertiary alicyclic amines) is 1. The molecule has 0 aromatic rings. The van der Waals surface area contributed by atoms with Crippen LogP contribution in [0.3, 0.4) is 0 Å². The molecule has 104 valence electrons. The topological polar surface area (TPSA) is 66.6 Å². The lowest BCUT2D eigenvalue weighted by molar-refractivity contribution is -0.142. The maximum absolute atomic E-state index is 12.7. The van der Waals surface area contributed by atoms with Crippen molar-refractivity contribution in [1.82, 2.24) is 4.90 Å². The summed E-state index contributed by atoms with van der Waals surface area (Å²) in [6.07, 6.45) is 5.96. The van der Waals surface area contributed by atoms with Crippen molar-refractivity contribution in [2.45, 2.75) is 51.6 Å². The van der Waals surface area contributed by atoms with Crippen LogP contribution in [-0.4, -0.2) is 41.7 Å². The van der Waals surface area contributed by atoms with E-state index in [9.17, 15) is 9.90 Å². The fraction of sp³-hybridized carbons (Fsp3) is 0.929. The van der Waals surface area contributed by atoms with Gasteiger partial charge in [-0.05, 0) is 26.2 Å². The molecular weight excluding hydrogens is 228 g/mol. The maximum Gasteiger partial charge on any atom is 0.230 e. The Morgan fingerprint density at radius 3 is 2.61 bits per heavy atom. The Hall–Kier alpha value is -0.610. The van der Waals surface area contributed by atoms with Gasteiger partial charge in [0.15, 0.2) is 0 Å². The Labute approximate surface area is 110 Å². The van der Waals surface area contributed by atoms with E-state index in [0.717, 1.165) is 38.6 Å². The van der Waals surface area contributed by atoms with Gasteiger partial charge < -0.3 is 15.7 Å². The van der Waals surface area contributed by atoms with Crippen molar-refractivity contribution in [1.29, 1.82) is 0 Å². The minimum atomic E-state index is -0.317. The molecule has 2 atom stereocenters. The van der Waals surface area contributed by atoms with Crippen molar-refractivity contribution >= 4 is 5.91 Å². The van der Waals surface area contributed by atoms with Crippen LogP contribution < -0.4 is 5.73 Å². The average molecular weight is 254 g/mol. The third-order valence-electron chi connectivity index (χ3n) is 4.85. The maximum atomic E-state index is 12.7. The standard InChI is InChI=1S/C14H26N2O2/c1-11(17)12-5-8-16(9-12)13(18)14(10-15)6-3-2-4-7-14/h11-12,17H,2-10,15H2,1H3. The molecule has 0 aromatic carbocycles. The van der Waals surface area contributed by atoms with E-state index in [1.807, 2.05) is 11.8 Å². The number of aliphatic hydroxyl groups excluding tert-OH is 1. The van der Waals surface area contributed by atoms with Crippen LogP contribution in [0.4, 0.5) is 0 Å². The van der Waals surface area contributed by atoms with Gasteiger partial charge in [0.05, 0.1) is 11.5 Å². The highest BCUT2D eigenvalue weighted by Gasteiger charge is 2.43. The highest BCUT2D eigenvalue weighted by Crippen LogP contribution is 2.38. The highest BCUT2D eigenvalue weighted by molar-refractivity contribution is 5.83. The van der Waals surface area contributed by atoms with Crippen molar-refractivity contribution in [2.75, 3.05) is 19.6 Å². The van der Waals surface area contributed by atoms with Gasteiger partial charge in [0.1, 0.15) is 0 Å². The molecule has 0 spiro atoms. The second-order valence-electron chi connectivity index (χ2n) is 6.09. The summed E-state index contributed by atoms with van der Waals surface area (Å²) < 4.78 is 0. The van der Waals surface area contributed by atoms with Gasteiger partial charge in [0.2, 0.25) is 5.91 Å². The van der Waals surface area contributed by atoms with E-state index >= 15 is 0 Å². The first-order valence-electron chi connectivity index (χ1n) is 7.26. The summed E-state index contributed by atoms with van der Waals surface area (Å²) in [6.45, 7) is 3.79. The molecule has 1 aliphatic carbocycles. The third kappa shape index (κ3) is 2.54. The van der Waals surface area contributed by atoms with Gasteiger partial charge in [-0.1, -0.05) is 19.3 Å². The predicted octanol–water partition coefficient (Wildman–Crippen LogP) is 1.12. The number of amides is 1. The molecule has 4 heteroatoms. The van der Waals surface area contributed by atoms with E-state index < -0.39 is 0 Å². The molecular formula is C14H26N2O2. The van der Waals surface area contributed by atoms with E-state index in [2.05, 4.69) is 0 Å². The number of nitrogens with zero attached hydrogens (tertiary/aromatic N) is 1. The van der Waals surface area contributed by atoms with Crippen LogP contribution in [0.5, 0.6) is 0 Å². The second-order valence-corrected chi connectivity index (χ2v) is 6.09. The summed E-state index contributed by atoms with van der Waals surface area (Å²) in [5.74, 6) is 0.486. The molecule has 4 nitrogen and oxygen atoms in total. The zero-order chi connectivity index (χ0) is 13.2. The Bertz CT molecular complexity index is 298. The van der Waals surface area contributed by atoms with Gasteiger partial charge in [-0.15, -0.1) is 0 Å². The molecule has 1 saturated heterocycles. The lowest BCUT2D eigenvalue weighted by atomic mass is 9.73. The Morgan fingerprint density at radius 1 is 1.44 bits per heavy atom. The van der Waals surface area contributed by atoms with Gasteiger partial charge in [0, 0.05) is 25.6 Å². The molecule has 2 fully saturated rings. The molecule has 2 unspecified atom stereocenters. The number of nitrogens with two attached hydrogens (primary N) is 1. The van der Waals surface area contributed by atoms with Crippen LogP contribution in [0.25, 0.3) is 0 Å². The second kappa shape index (κ2) is 5.57. The van der Waals surface area contributed by atoms with Crippen LogP contribution in [0, 0.1) is 11.3 Å². The fourth-order valence-electron chi connectivity index (χ4n) is 3.43. The molecule has 1 aliphatic heterocycles. The Kier molecular flexibility index (Phi) is 4.28. The van der Waals surface area contributed by atoms with E-state index in [1.165, 1.54) is 6.42 Å². The average Bonchev–Trinajstić information content (AvgIpc) is 2.88. The molecule has 18 heavy (non-hydrogen) atoms. The molecule has 0 aromatic heterocycles. The number of aliphatic hydroxyl groups is 1. The van der Waals surface area contributed by atoms with Gasteiger partial charge in [-0.2, -0.15) is 0 Å². The van der Waals surface area contributed by atoms with Crippen molar-refractivity contribution in [3.8, 4) is 0 Å². The predicted molar refractivity (Wildman–Crippen MR) is 70.9 cm³/mol. The van der Waals surface area contributed by atoms with Crippen molar-refractivity contribution in [2.24, 2.45) is 17.1 Å². The molecule has 3 N–H and O–H groups in total. The van der Waals surface area contributed by atoms with Crippen LogP contribution in [0.1, 0.15) is 45.4 Å². The van der Waals surface area contributed by atoms with E-state index in [1.54, 1.807) is 0 Å². The smallest absolute Gasteiger partial charge is 0.230 e. The number of carbonyl (C=O) groups is 1. The number of hydrogen-bond donors (Lipinski definition) is 2. The SMILES string of the molecule is CC(O)C1CCN(C(=O)C2(CN)CCCCC2)C1. The summed E-state index contributed by atoms with van der Waals surface area (Å²) in [5.41, 5.74) is 5.60. The summed E-state index contributed by atoms with van der Waals surface area (Å²) in [5, 5.41) is 9.62. The number of rotatable bonds is 3. The molecule has 1 heterocycles. The molecule has 2 aliphatic rings. The third-order valence-corrected chi connectivity index (χ3v) is 4.85. The molecule has 1 saturated carbocycles. The quantitative estimate of drug-likeness (QED) is 0.793. The first-order valence-corrected chi connectivity index (χ1v) is 7.26. The Balaban J connectivity index is 2.02. The highest BCUT2D eigenvalue weighted by atomic mass is 16.3. The van der Waals surface area contributed by atoms with Gasteiger partial charge in [0.25, 0.3) is 0 Å². The lowest BCUT2D eigenvalue weighted by Gasteiger charge is -2.37. The molecule has 0 radical (unpaired) electrons. The van der Waals surface area contributed by atoms with Crippen LogP contribution in [-0.2, 0) is 4.79 Å². The van der Waals surface area contributed by atoms with Crippen LogP contribution in [0.15, 0.2) is 0 Å². The molecule has 2 rings (SSSR count). The normalized spacial score (nSPS) is 29.3. The minimum absolute atomic E-state index is 0.243.